The number of hydrogen-bond acceptors (Lipinski definition) is 4. The molecule has 2 aliphatic rings. The first-order valence-corrected chi connectivity index (χ1v) is 6.71. The molecule has 0 amide bonds. The van der Waals surface area contributed by atoms with Crippen LogP contribution in [0.5, 0.6) is 0 Å². The minimum Gasteiger partial charge on any atom is -0.379 e. The highest BCUT2D eigenvalue weighted by Crippen LogP contribution is 2.39. The highest BCUT2D eigenvalue weighted by atomic mass is 16.8. The fourth-order valence-electron chi connectivity index (χ4n) is 2.78. The molecule has 0 aromatic heterocycles. The predicted octanol–water partition coefficient (Wildman–Crippen LogP) is 2.12. The van der Waals surface area contributed by atoms with Crippen molar-refractivity contribution >= 4 is 0 Å². The molecule has 1 aromatic carbocycles. The molecule has 0 spiro atoms. The van der Waals surface area contributed by atoms with Crippen molar-refractivity contribution in [1.82, 2.24) is 0 Å². The van der Waals surface area contributed by atoms with Crippen LogP contribution in [-0.2, 0) is 25.6 Å². The van der Waals surface area contributed by atoms with E-state index in [9.17, 15) is 0 Å². The third-order valence-corrected chi connectivity index (χ3v) is 3.96. The summed E-state index contributed by atoms with van der Waals surface area (Å²) in [6.07, 6.45) is 0.796. The van der Waals surface area contributed by atoms with E-state index in [2.05, 4.69) is 12.1 Å². The number of benzene rings is 1. The molecule has 0 unspecified atom stereocenters. The lowest BCUT2D eigenvalue weighted by Crippen LogP contribution is -2.51. The Hall–Kier alpha value is -0.940. The summed E-state index contributed by atoms with van der Waals surface area (Å²) in [6.45, 7) is 3.10. The third-order valence-electron chi connectivity index (χ3n) is 3.96. The van der Waals surface area contributed by atoms with Crippen molar-refractivity contribution in [3.63, 3.8) is 0 Å². The van der Waals surface area contributed by atoms with Crippen LogP contribution in [0.25, 0.3) is 0 Å². The summed E-state index contributed by atoms with van der Waals surface area (Å²) in [5.41, 5.74) is 1.15. The van der Waals surface area contributed by atoms with E-state index < -0.39 is 5.79 Å². The maximum Gasteiger partial charge on any atom is 0.192 e. The van der Waals surface area contributed by atoms with Crippen molar-refractivity contribution in [1.29, 1.82) is 0 Å². The zero-order valence-electron chi connectivity index (χ0n) is 11.4. The van der Waals surface area contributed by atoms with Crippen LogP contribution in [0.4, 0.5) is 0 Å². The molecule has 4 heteroatoms. The number of ether oxygens (including phenoxy) is 4. The van der Waals surface area contributed by atoms with Crippen molar-refractivity contribution in [2.45, 2.75) is 44.1 Å². The predicted molar refractivity (Wildman–Crippen MR) is 69.7 cm³/mol. The average molecular weight is 264 g/mol. The zero-order chi connectivity index (χ0) is 13.3. The molecule has 3 rings (SSSR count). The standard InChI is InChI=1S/C15H20O4/c1-15-14(17-9-11-6-4-3-5-7-11)8-12(16-2)13(19-15)10-18-15/h3-7,12-14H,8-10H2,1-2H3/t12-,13+,14+,15+/m1/s1. The lowest BCUT2D eigenvalue weighted by Gasteiger charge is -2.39. The van der Waals surface area contributed by atoms with Gasteiger partial charge in [-0.1, -0.05) is 30.3 Å². The molecule has 2 aliphatic heterocycles. The number of hydrogen-bond donors (Lipinski definition) is 0. The summed E-state index contributed by atoms with van der Waals surface area (Å²) >= 11 is 0. The molecular formula is C15H20O4. The summed E-state index contributed by atoms with van der Waals surface area (Å²) in [6, 6.07) is 10.1. The van der Waals surface area contributed by atoms with Crippen LogP contribution in [0.1, 0.15) is 18.9 Å². The topological polar surface area (TPSA) is 36.9 Å². The summed E-state index contributed by atoms with van der Waals surface area (Å²) in [5.74, 6) is -0.630. The van der Waals surface area contributed by atoms with E-state index in [1.807, 2.05) is 25.1 Å². The Morgan fingerprint density at radius 2 is 2.11 bits per heavy atom. The summed E-state index contributed by atoms with van der Waals surface area (Å²) < 4.78 is 23.2. The molecule has 2 saturated heterocycles. The Kier molecular flexibility index (Phi) is 3.58. The van der Waals surface area contributed by atoms with Gasteiger partial charge < -0.3 is 18.9 Å². The van der Waals surface area contributed by atoms with Gasteiger partial charge in [-0.05, 0) is 12.5 Å². The molecule has 0 radical (unpaired) electrons. The van der Waals surface area contributed by atoms with Gasteiger partial charge in [0.2, 0.25) is 0 Å². The van der Waals surface area contributed by atoms with Crippen LogP contribution in [0.3, 0.4) is 0 Å². The molecule has 4 atom stereocenters. The monoisotopic (exact) mass is 264 g/mol. The van der Waals surface area contributed by atoms with Gasteiger partial charge in [0.25, 0.3) is 0 Å². The fraction of sp³-hybridized carbons (Fsp3) is 0.600. The minimum absolute atomic E-state index is 0.0339. The SMILES string of the molecule is CO[C@@H]1C[C@H](OCc2ccccc2)[C@@]2(C)OC[C@@H]1O2. The number of methoxy groups -OCH3 is 1. The van der Waals surface area contributed by atoms with Crippen molar-refractivity contribution in [2.75, 3.05) is 13.7 Å². The van der Waals surface area contributed by atoms with Gasteiger partial charge in [0.15, 0.2) is 5.79 Å². The highest BCUT2D eigenvalue weighted by Gasteiger charge is 2.53. The maximum atomic E-state index is 6.00. The molecule has 19 heavy (non-hydrogen) atoms. The van der Waals surface area contributed by atoms with E-state index in [1.165, 1.54) is 0 Å². The summed E-state index contributed by atoms with van der Waals surface area (Å²) in [7, 11) is 1.71. The lowest BCUT2D eigenvalue weighted by atomic mass is 9.98. The Bertz CT molecular complexity index is 421. The second kappa shape index (κ2) is 5.21. The van der Waals surface area contributed by atoms with Gasteiger partial charge in [-0.2, -0.15) is 0 Å². The van der Waals surface area contributed by atoms with Crippen molar-refractivity contribution < 1.29 is 18.9 Å². The zero-order valence-corrected chi connectivity index (χ0v) is 11.4. The lowest BCUT2D eigenvalue weighted by molar-refractivity contribution is -0.269. The third kappa shape index (κ3) is 2.54. The second-order valence-electron chi connectivity index (χ2n) is 5.28. The highest BCUT2D eigenvalue weighted by molar-refractivity contribution is 5.13. The minimum atomic E-state index is -0.630. The van der Waals surface area contributed by atoms with E-state index in [-0.39, 0.29) is 18.3 Å². The van der Waals surface area contributed by atoms with E-state index in [1.54, 1.807) is 7.11 Å². The first-order valence-electron chi connectivity index (χ1n) is 6.71. The molecule has 4 nitrogen and oxygen atoms in total. The molecule has 0 N–H and O–H groups in total. The number of rotatable bonds is 4. The first-order chi connectivity index (χ1) is 9.21. The molecule has 104 valence electrons. The maximum absolute atomic E-state index is 6.00. The van der Waals surface area contributed by atoms with Gasteiger partial charge in [-0.15, -0.1) is 0 Å². The van der Waals surface area contributed by atoms with Gasteiger partial charge in [0.1, 0.15) is 12.2 Å². The molecule has 2 heterocycles. The quantitative estimate of drug-likeness (QED) is 0.834. The fourth-order valence-corrected chi connectivity index (χ4v) is 2.78. The van der Waals surface area contributed by atoms with Gasteiger partial charge in [0.05, 0.1) is 19.3 Å². The van der Waals surface area contributed by atoms with Crippen LogP contribution in [0, 0.1) is 0 Å². The molecule has 0 saturated carbocycles. The second-order valence-corrected chi connectivity index (χ2v) is 5.28. The summed E-state index contributed by atoms with van der Waals surface area (Å²) in [5, 5.41) is 0. The van der Waals surface area contributed by atoms with Crippen LogP contribution in [0.15, 0.2) is 30.3 Å². The Morgan fingerprint density at radius 3 is 2.84 bits per heavy atom. The van der Waals surface area contributed by atoms with E-state index in [4.69, 9.17) is 18.9 Å². The number of fused-ring (bicyclic) bond motifs is 2. The van der Waals surface area contributed by atoms with Crippen LogP contribution in [-0.4, -0.2) is 37.8 Å². The molecule has 2 fully saturated rings. The van der Waals surface area contributed by atoms with Crippen LogP contribution in [0.2, 0.25) is 0 Å². The first kappa shape index (κ1) is 13.1. The van der Waals surface area contributed by atoms with Gasteiger partial charge >= 0.3 is 0 Å². The Morgan fingerprint density at radius 1 is 1.32 bits per heavy atom. The van der Waals surface area contributed by atoms with Gasteiger partial charge in [0, 0.05) is 13.5 Å². The molecule has 2 bridgehead atoms. The van der Waals surface area contributed by atoms with Crippen molar-refractivity contribution in [3.05, 3.63) is 35.9 Å². The molecular weight excluding hydrogens is 244 g/mol. The van der Waals surface area contributed by atoms with Crippen molar-refractivity contribution in [2.24, 2.45) is 0 Å². The largest absolute Gasteiger partial charge is 0.379 e. The van der Waals surface area contributed by atoms with Crippen LogP contribution < -0.4 is 0 Å². The smallest absolute Gasteiger partial charge is 0.192 e. The average Bonchev–Trinajstić information content (AvgIpc) is 2.78. The van der Waals surface area contributed by atoms with Gasteiger partial charge in [-0.3, -0.25) is 0 Å². The van der Waals surface area contributed by atoms with E-state index in [0.29, 0.717) is 13.2 Å². The molecule has 1 aromatic rings. The van der Waals surface area contributed by atoms with Gasteiger partial charge in [-0.25, -0.2) is 0 Å². The van der Waals surface area contributed by atoms with Crippen molar-refractivity contribution in [3.8, 4) is 0 Å². The normalized spacial score (nSPS) is 37.5. The Labute approximate surface area is 113 Å². The van der Waals surface area contributed by atoms with Crippen LogP contribution >= 0.6 is 0 Å². The Balaban J connectivity index is 1.66. The van der Waals surface area contributed by atoms with E-state index >= 15 is 0 Å². The summed E-state index contributed by atoms with van der Waals surface area (Å²) in [4.78, 5) is 0. The molecule has 0 aliphatic carbocycles. The van der Waals surface area contributed by atoms with E-state index in [0.717, 1.165) is 12.0 Å².